The fraction of sp³-hybridized carbons (Fsp3) is 0.412. The van der Waals surface area contributed by atoms with E-state index in [0.29, 0.717) is 19.6 Å². The zero-order valence-corrected chi connectivity index (χ0v) is 16.8. The zero-order chi connectivity index (χ0) is 20.8. The minimum absolute atomic E-state index is 0.0143. The van der Waals surface area contributed by atoms with Crippen LogP contribution in [0, 0.1) is 0 Å². The van der Waals surface area contributed by atoms with Crippen molar-refractivity contribution in [1.82, 2.24) is 9.55 Å². The van der Waals surface area contributed by atoms with Crippen LogP contribution in [-0.2, 0) is 20.4 Å². The van der Waals surface area contributed by atoms with E-state index in [1.807, 2.05) is 24.3 Å². The molecule has 3 atom stereocenters. The number of nitrogens with zero attached hydrogens (tertiary/aromatic N) is 2. The van der Waals surface area contributed by atoms with E-state index in [4.69, 9.17) is 35.6 Å². The smallest absolute Gasteiger partial charge is 0.397 e. The molecule has 4 rings (SSSR count). The second-order valence-corrected chi connectivity index (χ2v) is 7.60. The van der Waals surface area contributed by atoms with Crippen molar-refractivity contribution >= 4 is 26.0 Å². The highest BCUT2D eigenvalue weighted by molar-refractivity contribution is 7.42. The Morgan fingerprint density at radius 1 is 1.34 bits per heavy atom. The molecule has 29 heavy (non-hydrogen) atoms. The number of para-hydroxylation sites is 1. The van der Waals surface area contributed by atoms with Crippen LogP contribution in [0.25, 0.3) is 0 Å². The SMILES string of the molecule is FCF.Nc1nc(=O)n(C2CCC(COP3OCc4ccccc4O3)O2)cc1Cl. The fourth-order valence-electron chi connectivity index (χ4n) is 2.83. The van der Waals surface area contributed by atoms with E-state index < -0.39 is 27.4 Å². The lowest BCUT2D eigenvalue weighted by molar-refractivity contribution is -0.0228. The number of benzene rings is 1. The molecule has 0 radical (unpaired) electrons. The van der Waals surface area contributed by atoms with Crippen LogP contribution >= 0.6 is 20.2 Å². The quantitative estimate of drug-likeness (QED) is 0.707. The number of ether oxygens (including phenoxy) is 1. The molecule has 0 bridgehead atoms. The summed E-state index contributed by atoms with van der Waals surface area (Å²) >= 11 is 5.95. The molecule has 0 spiro atoms. The number of alkyl halides is 2. The van der Waals surface area contributed by atoms with Crippen LogP contribution in [0.3, 0.4) is 0 Å². The first-order valence-corrected chi connectivity index (χ1v) is 10.1. The lowest BCUT2D eigenvalue weighted by Gasteiger charge is -2.24. The number of aromatic nitrogens is 2. The first-order chi connectivity index (χ1) is 14.0. The number of halogens is 3. The predicted molar refractivity (Wildman–Crippen MR) is 103 cm³/mol. The number of nitrogen functional groups attached to an aromatic ring is 1. The molecule has 2 N–H and O–H groups in total. The summed E-state index contributed by atoms with van der Waals surface area (Å²) in [6.45, 7) is -0.976. The van der Waals surface area contributed by atoms with E-state index in [0.717, 1.165) is 17.7 Å². The molecule has 2 aliphatic heterocycles. The molecular weight excluding hydrogens is 431 g/mol. The van der Waals surface area contributed by atoms with Gasteiger partial charge in [0.05, 0.1) is 24.3 Å². The van der Waals surface area contributed by atoms with E-state index >= 15 is 0 Å². The highest BCUT2D eigenvalue weighted by Gasteiger charge is 2.30. The van der Waals surface area contributed by atoms with Gasteiger partial charge in [0, 0.05) is 11.8 Å². The van der Waals surface area contributed by atoms with E-state index in [-0.39, 0.29) is 16.9 Å². The maximum atomic E-state index is 12.0. The Morgan fingerprint density at radius 3 is 2.90 bits per heavy atom. The second-order valence-electron chi connectivity index (χ2n) is 6.05. The maximum Gasteiger partial charge on any atom is 0.397 e. The normalized spacial score (nSPS) is 22.9. The molecule has 2 aromatic rings. The Balaban J connectivity index is 0.000000755. The highest BCUT2D eigenvalue weighted by atomic mass is 35.5. The summed E-state index contributed by atoms with van der Waals surface area (Å²) in [5, 5.41) is 0.221. The van der Waals surface area contributed by atoms with E-state index in [2.05, 4.69) is 4.98 Å². The molecule has 158 valence electrons. The van der Waals surface area contributed by atoms with Gasteiger partial charge in [-0.25, -0.2) is 13.6 Å². The predicted octanol–water partition coefficient (Wildman–Crippen LogP) is 3.89. The average molecular weight is 450 g/mol. The van der Waals surface area contributed by atoms with Crippen LogP contribution in [0.5, 0.6) is 5.75 Å². The number of fused-ring (bicyclic) bond motifs is 1. The van der Waals surface area contributed by atoms with Crippen LogP contribution < -0.4 is 15.9 Å². The van der Waals surface area contributed by atoms with Crippen molar-refractivity contribution in [1.29, 1.82) is 0 Å². The van der Waals surface area contributed by atoms with Crippen molar-refractivity contribution in [2.45, 2.75) is 31.8 Å². The molecule has 0 saturated carbocycles. The van der Waals surface area contributed by atoms with Crippen LogP contribution in [0.15, 0.2) is 35.3 Å². The van der Waals surface area contributed by atoms with Gasteiger partial charge >= 0.3 is 14.3 Å². The van der Waals surface area contributed by atoms with Crippen molar-refractivity contribution in [2.75, 3.05) is 19.3 Å². The first kappa shape index (κ1) is 21.9. The van der Waals surface area contributed by atoms with E-state index in [9.17, 15) is 13.6 Å². The molecule has 0 aliphatic carbocycles. The topological polar surface area (TPSA) is 97.8 Å². The van der Waals surface area contributed by atoms with Crippen molar-refractivity contribution in [3.8, 4) is 5.75 Å². The monoisotopic (exact) mass is 449 g/mol. The van der Waals surface area contributed by atoms with Gasteiger partial charge in [0.25, 0.3) is 0 Å². The van der Waals surface area contributed by atoms with E-state index in [1.165, 1.54) is 10.8 Å². The van der Waals surface area contributed by atoms with Crippen molar-refractivity contribution < 1.29 is 27.1 Å². The van der Waals surface area contributed by atoms with Gasteiger partial charge in [-0.05, 0) is 18.9 Å². The van der Waals surface area contributed by atoms with Gasteiger partial charge in [-0.15, -0.1) is 0 Å². The summed E-state index contributed by atoms with van der Waals surface area (Å²) in [6, 6.07) is 7.69. The molecule has 1 saturated heterocycles. The number of nitrogens with two attached hydrogens (primary N) is 1. The highest BCUT2D eigenvalue weighted by Crippen LogP contribution is 2.47. The van der Waals surface area contributed by atoms with Gasteiger partial charge in [-0.1, -0.05) is 29.8 Å². The molecular formula is C17H19ClF2N3O5P. The molecule has 0 amide bonds. The summed E-state index contributed by atoms with van der Waals surface area (Å²) in [7, 11) is -1.46. The third-order valence-electron chi connectivity index (χ3n) is 4.17. The molecule has 8 nitrogen and oxygen atoms in total. The van der Waals surface area contributed by atoms with Crippen molar-refractivity contribution in [3.05, 3.63) is 51.5 Å². The maximum absolute atomic E-state index is 12.0. The zero-order valence-electron chi connectivity index (χ0n) is 15.2. The standard InChI is InChI=1S/C16H17ClN3O5P.CH2F2/c17-12-7-20(16(21)19-15(12)18)14-6-5-11(24-14)9-23-26-22-8-10-3-1-2-4-13(10)25-26;2-1-3/h1-4,7,11,14H,5-6,8-9H2,(H2,18,19,21);1H2. The average Bonchev–Trinajstić information content (AvgIpc) is 3.18. The molecule has 12 heteroatoms. The third-order valence-corrected chi connectivity index (χ3v) is 5.50. The fourth-order valence-corrected chi connectivity index (χ4v) is 4.03. The lowest BCUT2D eigenvalue weighted by Crippen LogP contribution is -2.28. The lowest BCUT2D eigenvalue weighted by atomic mass is 10.2. The van der Waals surface area contributed by atoms with Gasteiger partial charge in [0.2, 0.25) is 6.93 Å². The minimum Gasteiger partial charge on any atom is -0.426 e. The van der Waals surface area contributed by atoms with Gasteiger partial charge < -0.3 is 15.0 Å². The Morgan fingerprint density at radius 2 is 2.10 bits per heavy atom. The van der Waals surface area contributed by atoms with Crippen molar-refractivity contribution in [3.63, 3.8) is 0 Å². The minimum atomic E-state index is -1.75. The molecule has 3 heterocycles. The van der Waals surface area contributed by atoms with Gasteiger partial charge in [-0.2, -0.15) is 4.98 Å². The third kappa shape index (κ3) is 5.61. The summed E-state index contributed by atoms with van der Waals surface area (Å²) in [6.07, 6.45) is 2.23. The van der Waals surface area contributed by atoms with Crippen molar-refractivity contribution in [2.24, 2.45) is 0 Å². The van der Waals surface area contributed by atoms with Gasteiger partial charge in [0.1, 0.15) is 17.8 Å². The summed E-state index contributed by atoms with van der Waals surface area (Å²) in [5.74, 6) is 0.796. The van der Waals surface area contributed by atoms with E-state index in [1.54, 1.807) is 0 Å². The molecule has 3 unspecified atom stereocenters. The summed E-state index contributed by atoms with van der Waals surface area (Å²) in [5.41, 5.74) is 6.05. The molecule has 1 aromatic carbocycles. The molecule has 1 fully saturated rings. The van der Waals surface area contributed by atoms with Crippen LogP contribution in [-0.4, -0.2) is 29.2 Å². The van der Waals surface area contributed by atoms with Crippen LogP contribution in [0.2, 0.25) is 5.02 Å². The number of hydrogen-bond acceptors (Lipinski definition) is 7. The Hall–Kier alpha value is -1.84. The number of rotatable bonds is 4. The van der Waals surface area contributed by atoms with Crippen LogP contribution in [0.1, 0.15) is 24.6 Å². The summed E-state index contributed by atoms with van der Waals surface area (Å²) < 4.78 is 43.5. The molecule has 1 aromatic heterocycles. The molecule has 2 aliphatic rings. The Kier molecular flexibility index (Phi) is 7.74. The van der Waals surface area contributed by atoms with Gasteiger partial charge in [0.15, 0.2) is 0 Å². The number of hydrogen-bond donors (Lipinski definition) is 1. The Labute approximate surface area is 171 Å². The second kappa shape index (κ2) is 10.3. The first-order valence-electron chi connectivity index (χ1n) is 8.65. The van der Waals surface area contributed by atoms with Gasteiger partial charge in [-0.3, -0.25) is 13.6 Å². The van der Waals surface area contributed by atoms with Crippen LogP contribution in [0.4, 0.5) is 14.6 Å². The Bertz CT molecular complexity index is 890. The largest absolute Gasteiger partial charge is 0.426 e. The number of anilines is 1. The summed E-state index contributed by atoms with van der Waals surface area (Å²) in [4.78, 5) is 15.7.